The smallest absolute Gasteiger partial charge is 0.323 e. The number of halogens is 1. The van der Waals surface area contributed by atoms with Crippen molar-refractivity contribution in [1.82, 2.24) is 20.7 Å². The Labute approximate surface area is 172 Å². The van der Waals surface area contributed by atoms with E-state index >= 15 is 0 Å². The summed E-state index contributed by atoms with van der Waals surface area (Å²) in [7, 11) is 0. The number of aliphatic hydroxyl groups excluding tert-OH is 1. The molecule has 0 saturated heterocycles. The molecule has 1 heterocycles. The van der Waals surface area contributed by atoms with E-state index in [-0.39, 0.29) is 29.3 Å². The Kier molecular flexibility index (Phi) is 7.77. The number of hydrogen-bond donors (Lipinski definition) is 5. The molecule has 0 aromatic carbocycles. The van der Waals surface area contributed by atoms with E-state index in [0.29, 0.717) is 18.2 Å². The van der Waals surface area contributed by atoms with Crippen LogP contribution in [0.15, 0.2) is 22.8 Å². The van der Waals surface area contributed by atoms with Gasteiger partial charge < -0.3 is 15.7 Å². The lowest BCUT2D eigenvalue weighted by Crippen LogP contribution is -2.49. The van der Waals surface area contributed by atoms with Crippen LogP contribution >= 0.6 is 35.3 Å². The first-order valence-corrected chi connectivity index (χ1v) is 11.3. The summed E-state index contributed by atoms with van der Waals surface area (Å²) in [6.45, 7) is 0.711. The molecule has 1 unspecified atom stereocenters. The summed E-state index contributed by atoms with van der Waals surface area (Å²) in [5.41, 5.74) is 0.906. The predicted octanol–water partition coefficient (Wildman–Crippen LogP) is 2.00. The standard InChI is InChI=1S/C17H25ClN4O3S2/c18-12-4-2-1-3-11(12)15(24)21-16(25)22-17-20-13-6-5-10(9-14(13)26-17)27-19-7-8-23/h2,4,10-12,17,19-20,23H,1,3,5-9H2,(H2,21,22,24,25)/t10-,11?,12-,17-/m1/s1. The summed E-state index contributed by atoms with van der Waals surface area (Å²) in [4.78, 5) is 25.7. The van der Waals surface area contributed by atoms with Gasteiger partial charge in [-0.2, -0.15) is 0 Å². The summed E-state index contributed by atoms with van der Waals surface area (Å²) in [6, 6.07) is -0.501. The highest BCUT2D eigenvalue weighted by Gasteiger charge is 2.32. The minimum Gasteiger partial charge on any atom is -0.395 e. The predicted molar refractivity (Wildman–Crippen MR) is 110 cm³/mol. The highest BCUT2D eigenvalue weighted by atomic mass is 35.5. The normalized spacial score (nSPS) is 29.9. The van der Waals surface area contributed by atoms with E-state index in [1.165, 1.54) is 10.6 Å². The molecule has 3 rings (SSSR count). The molecule has 3 aliphatic rings. The molecule has 0 fully saturated rings. The van der Waals surface area contributed by atoms with E-state index in [4.69, 9.17) is 16.7 Å². The van der Waals surface area contributed by atoms with Gasteiger partial charge in [-0.1, -0.05) is 35.9 Å². The van der Waals surface area contributed by atoms with Crippen LogP contribution in [0.25, 0.3) is 0 Å². The number of carbonyl (C=O) groups excluding carboxylic acids is 2. The highest BCUT2D eigenvalue weighted by Crippen LogP contribution is 2.41. The lowest BCUT2D eigenvalue weighted by atomic mass is 9.93. The third-order valence-corrected chi connectivity index (χ3v) is 7.40. The van der Waals surface area contributed by atoms with Crippen LogP contribution in [0.1, 0.15) is 32.1 Å². The van der Waals surface area contributed by atoms with Gasteiger partial charge in [-0.25, -0.2) is 4.79 Å². The van der Waals surface area contributed by atoms with Crippen molar-refractivity contribution in [3.63, 3.8) is 0 Å². The Morgan fingerprint density at radius 2 is 2.26 bits per heavy atom. The number of urea groups is 1. The van der Waals surface area contributed by atoms with Crippen molar-refractivity contribution >= 4 is 47.2 Å². The first-order chi connectivity index (χ1) is 13.1. The van der Waals surface area contributed by atoms with Gasteiger partial charge in [0.15, 0.2) is 5.50 Å². The van der Waals surface area contributed by atoms with Gasteiger partial charge in [0.2, 0.25) is 5.91 Å². The summed E-state index contributed by atoms with van der Waals surface area (Å²) < 4.78 is 3.17. The van der Waals surface area contributed by atoms with Crippen molar-refractivity contribution in [2.45, 2.75) is 48.2 Å². The molecule has 150 valence electrons. The molecule has 0 radical (unpaired) electrons. The van der Waals surface area contributed by atoms with Crippen LogP contribution in [0.2, 0.25) is 0 Å². The number of alkyl halides is 1. The number of carbonyl (C=O) groups is 2. The Bertz CT molecular complexity index is 631. The minimum absolute atomic E-state index is 0.130. The number of hydrogen-bond acceptors (Lipinski definition) is 7. The first kappa shape index (κ1) is 20.9. The monoisotopic (exact) mass is 432 g/mol. The van der Waals surface area contributed by atoms with Gasteiger partial charge in [0, 0.05) is 22.4 Å². The number of aliphatic hydroxyl groups is 1. The minimum atomic E-state index is -0.501. The molecule has 1 aliphatic heterocycles. The van der Waals surface area contributed by atoms with E-state index in [0.717, 1.165) is 25.7 Å². The van der Waals surface area contributed by atoms with Crippen molar-refractivity contribution in [3.8, 4) is 0 Å². The van der Waals surface area contributed by atoms with Gasteiger partial charge >= 0.3 is 6.03 Å². The van der Waals surface area contributed by atoms with E-state index in [2.05, 4.69) is 20.7 Å². The van der Waals surface area contributed by atoms with Crippen LogP contribution in [0.5, 0.6) is 0 Å². The molecule has 27 heavy (non-hydrogen) atoms. The Morgan fingerprint density at radius 3 is 3.04 bits per heavy atom. The fourth-order valence-corrected chi connectivity index (χ4v) is 5.93. The second-order valence-electron chi connectivity index (χ2n) is 6.66. The topological polar surface area (TPSA) is 102 Å². The maximum absolute atomic E-state index is 12.3. The summed E-state index contributed by atoms with van der Waals surface area (Å²) in [6.07, 6.45) is 8.12. The Morgan fingerprint density at radius 1 is 1.41 bits per heavy atom. The molecular formula is C17H25ClN4O3S2. The van der Waals surface area contributed by atoms with Gasteiger partial charge in [0.1, 0.15) is 0 Å². The molecule has 0 aromatic rings. The average molecular weight is 433 g/mol. The third-order valence-electron chi connectivity index (χ3n) is 4.68. The Hall–Kier alpha value is -0.870. The van der Waals surface area contributed by atoms with E-state index in [1.54, 1.807) is 23.7 Å². The maximum Gasteiger partial charge on any atom is 0.323 e. The van der Waals surface area contributed by atoms with E-state index < -0.39 is 6.03 Å². The molecule has 0 spiro atoms. The molecule has 3 amide bonds. The van der Waals surface area contributed by atoms with Gasteiger partial charge in [-0.05, 0) is 32.1 Å². The van der Waals surface area contributed by atoms with E-state index in [1.807, 2.05) is 12.2 Å². The largest absolute Gasteiger partial charge is 0.395 e. The third kappa shape index (κ3) is 5.80. The summed E-state index contributed by atoms with van der Waals surface area (Å²) in [5, 5.41) is 17.5. The van der Waals surface area contributed by atoms with Crippen LogP contribution < -0.4 is 20.7 Å². The molecule has 2 aliphatic carbocycles. The van der Waals surface area contributed by atoms with Gasteiger partial charge in [0.25, 0.3) is 0 Å². The SMILES string of the molecule is O=C(NC(=O)C1CCC=C[C@H]1Cl)N[C@H]1NC2=C(C[C@H](SNCCO)CC2)S1. The zero-order chi connectivity index (χ0) is 19.2. The number of allylic oxidation sites excluding steroid dienone is 4. The van der Waals surface area contributed by atoms with Crippen molar-refractivity contribution in [2.75, 3.05) is 13.2 Å². The number of thioether (sulfide) groups is 1. The average Bonchev–Trinajstić information content (AvgIpc) is 3.03. The van der Waals surface area contributed by atoms with Crippen LogP contribution in [-0.2, 0) is 4.79 Å². The van der Waals surface area contributed by atoms with Crippen LogP contribution in [0.4, 0.5) is 4.79 Å². The maximum atomic E-state index is 12.3. The van der Waals surface area contributed by atoms with Crippen LogP contribution in [-0.4, -0.2) is 46.3 Å². The van der Waals surface area contributed by atoms with Crippen LogP contribution in [0, 0.1) is 5.92 Å². The van der Waals surface area contributed by atoms with Gasteiger partial charge in [-0.15, -0.1) is 11.6 Å². The molecule has 0 aromatic heterocycles. The lowest BCUT2D eigenvalue weighted by molar-refractivity contribution is -0.123. The van der Waals surface area contributed by atoms with Crippen molar-refractivity contribution in [3.05, 3.63) is 22.8 Å². The number of nitrogens with one attached hydrogen (secondary N) is 4. The number of amides is 3. The zero-order valence-electron chi connectivity index (χ0n) is 14.9. The number of imide groups is 1. The van der Waals surface area contributed by atoms with Crippen LogP contribution in [0.3, 0.4) is 0 Å². The molecule has 4 atom stereocenters. The van der Waals surface area contributed by atoms with Crippen molar-refractivity contribution in [1.29, 1.82) is 0 Å². The fourth-order valence-electron chi connectivity index (χ4n) is 3.30. The van der Waals surface area contributed by atoms with Gasteiger partial charge in [0.05, 0.1) is 17.9 Å². The summed E-state index contributed by atoms with van der Waals surface area (Å²) in [5.74, 6) is -0.703. The molecule has 7 nitrogen and oxygen atoms in total. The summed E-state index contributed by atoms with van der Waals surface area (Å²) >= 11 is 9.40. The second kappa shape index (κ2) is 10.1. The van der Waals surface area contributed by atoms with E-state index in [9.17, 15) is 9.59 Å². The first-order valence-electron chi connectivity index (χ1n) is 9.13. The second-order valence-corrected chi connectivity index (χ2v) is 9.56. The van der Waals surface area contributed by atoms with Gasteiger partial charge in [-0.3, -0.25) is 14.8 Å². The fraction of sp³-hybridized carbons (Fsp3) is 0.647. The lowest BCUT2D eigenvalue weighted by Gasteiger charge is -2.22. The van der Waals surface area contributed by atoms with Crippen molar-refractivity contribution < 1.29 is 14.7 Å². The molecule has 10 heteroatoms. The number of rotatable bonds is 6. The Balaban J connectivity index is 1.42. The highest BCUT2D eigenvalue weighted by molar-refractivity contribution is 8.04. The zero-order valence-corrected chi connectivity index (χ0v) is 17.3. The molecular weight excluding hydrogens is 408 g/mol. The molecule has 5 N–H and O–H groups in total. The quantitative estimate of drug-likeness (QED) is 0.189. The van der Waals surface area contributed by atoms with Crippen molar-refractivity contribution in [2.24, 2.45) is 5.92 Å². The molecule has 0 saturated carbocycles. The molecule has 0 bridgehead atoms.